The van der Waals surface area contributed by atoms with Gasteiger partial charge in [-0.2, -0.15) is 0 Å². The monoisotopic (exact) mass is 386 g/mol. The average Bonchev–Trinajstić information content (AvgIpc) is 3.35. The molecule has 6 nitrogen and oxygen atoms in total. The van der Waals surface area contributed by atoms with Crippen molar-refractivity contribution in [1.82, 2.24) is 19.7 Å². The van der Waals surface area contributed by atoms with E-state index in [0.717, 1.165) is 29.8 Å². The molecular weight excluding hydrogens is 360 g/mol. The number of hydrogen-bond donors (Lipinski definition) is 1. The summed E-state index contributed by atoms with van der Waals surface area (Å²) in [5.41, 5.74) is 2.14. The molecule has 2 aromatic heterocycles. The summed E-state index contributed by atoms with van der Waals surface area (Å²) in [4.78, 5) is 30.5. The van der Waals surface area contributed by atoms with Crippen molar-refractivity contribution in [2.24, 2.45) is 0 Å². The average molecular weight is 387 g/mol. The molecule has 4 rings (SSSR count). The molecule has 0 radical (unpaired) electrons. The van der Waals surface area contributed by atoms with Gasteiger partial charge in [-0.15, -0.1) is 11.3 Å². The molecule has 2 aromatic rings. The van der Waals surface area contributed by atoms with Crippen LogP contribution in [0.25, 0.3) is 5.00 Å². The van der Waals surface area contributed by atoms with Crippen LogP contribution in [0.2, 0.25) is 0 Å². The van der Waals surface area contributed by atoms with Crippen molar-refractivity contribution in [2.45, 2.75) is 32.6 Å². The summed E-state index contributed by atoms with van der Waals surface area (Å²) in [6.45, 7) is 4.89. The van der Waals surface area contributed by atoms with Crippen molar-refractivity contribution in [2.75, 3.05) is 32.7 Å². The number of nitrogens with zero attached hydrogens (tertiary/aromatic N) is 3. The molecule has 0 spiro atoms. The summed E-state index contributed by atoms with van der Waals surface area (Å²) >= 11 is 1.76. The third-order valence-corrected chi connectivity index (χ3v) is 6.69. The van der Waals surface area contributed by atoms with Crippen molar-refractivity contribution in [3.8, 4) is 5.00 Å². The lowest BCUT2D eigenvalue weighted by Gasteiger charge is -2.35. The van der Waals surface area contributed by atoms with Gasteiger partial charge in [0.1, 0.15) is 5.00 Å². The summed E-state index contributed by atoms with van der Waals surface area (Å²) in [5, 5.41) is 3.88. The number of carbonyl (C=O) groups excluding carboxylic acids is 2. The maximum Gasteiger partial charge on any atom is 0.317 e. The van der Waals surface area contributed by atoms with Gasteiger partial charge in [0.15, 0.2) is 0 Å². The molecule has 0 unspecified atom stereocenters. The molecule has 1 fully saturated rings. The van der Waals surface area contributed by atoms with E-state index >= 15 is 0 Å². The van der Waals surface area contributed by atoms with Crippen molar-refractivity contribution in [3.63, 3.8) is 0 Å². The van der Waals surface area contributed by atoms with Gasteiger partial charge < -0.3 is 19.7 Å². The first-order valence-electron chi connectivity index (χ1n) is 9.79. The van der Waals surface area contributed by atoms with Crippen molar-refractivity contribution in [3.05, 3.63) is 40.5 Å². The first-order chi connectivity index (χ1) is 13.2. The number of aromatic nitrogens is 1. The normalized spacial score (nSPS) is 16.9. The summed E-state index contributed by atoms with van der Waals surface area (Å²) in [7, 11) is 0. The highest BCUT2D eigenvalue weighted by molar-refractivity contribution is 7.15. The molecular formula is C20H26N4O2S. The fourth-order valence-electron chi connectivity index (χ4n) is 3.96. The molecule has 0 saturated carbocycles. The van der Waals surface area contributed by atoms with E-state index < -0.39 is 0 Å². The quantitative estimate of drug-likeness (QED) is 0.882. The molecule has 0 bridgehead atoms. The smallest absolute Gasteiger partial charge is 0.317 e. The van der Waals surface area contributed by atoms with Crippen LogP contribution in [-0.2, 0) is 12.8 Å². The SMILES string of the molecule is CCNC(=O)N1CCN(C(=O)c2c(-n3cccc3)sc3c2CCCC3)CC1. The second kappa shape index (κ2) is 7.76. The van der Waals surface area contributed by atoms with E-state index in [1.807, 2.05) is 36.4 Å². The molecule has 2 aliphatic rings. The molecule has 1 saturated heterocycles. The first kappa shape index (κ1) is 18.1. The van der Waals surface area contributed by atoms with Gasteiger partial charge in [-0.25, -0.2) is 4.79 Å². The Bertz CT molecular complexity index is 819. The number of hydrogen-bond acceptors (Lipinski definition) is 3. The highest BCUT2D eigenvalue weighted by atomic mass is 32.1. The number of piperazine rings is 1. The van der Waals surface area contributed by atoms with Crippen LogP contribution < -0.4 is 5.32 Å². The van der Waals surface area contributed by atoms with Crippen molar-refractivity contribution >= 4 is 23.3 Å². The zero-order valence-corrected chi connectivity index (χ0v) is 16.6. The standard InChI is InChI=1S/C20H26N4O2S/c1-2-21-20(26)24-13-11-22(12-14-24)18(25)17-15-7-3-4-8-16(15)27-19(17)23-9-5-6-10-23/h5-6,9-10H,2-4,7-8,11-14H2,1H3,(H,21,26). The Kier molecular flexibility index (Phi) is 5.20. The minimum atomic E-state index is -0.0365. The molecule has 1 aliphatic carbocycles. The number of amides is 3. The van der Waals surface area contributed by atoms with Crippen molar-refractivity contribution < 1.29 is 9.59 Å². The zero-order chi connectivity index (χ0) is 18.8. The predicted molar refractivity (Wildman–Crippen MR) is 107 cm³/mol. The van der Waals surface area contributed by atoms with E-state index in [0.29, 0.717) is 32.7 Å². The summed E-state index contributed by atoms with van der Waals surface area (Å²) in [5.74, 6) is 0.119. The number of thiophene rings is 1. The fourth-order valence-corrected chi connectivity index (χ4v) is 5.30. The lowest BCUT2D eigenvalue weighted by atomic mass is 9.95. The van der Waals surface area contributed by atoms with Gasteiger partial charge in [-0.1, -0.05) is 0 Å². The van der Waals surface area contributed by atoms with E-state index in [2.05, 4.69) is 9.88 Å². The first-order valence-corrected chi connectivity index (χ1v) is 10.6. The Morgan fingerprint density at radius 3 is 2.41 bits per heavy atom. The predicted octanol–water partition coefficient (Wildman–Crippen LogP) is 2.90. The van der Waals surface area contributed by atoms with Gasteiger partial charge in [0, 0.05) is 50.0 Å². The van der Waals surface area contributed by atoms with Gasteiger partial charge in [0.2, 0.25) is 0 Å². The largest absolute Gasteiger partial charge is 0.338 e. The maximum atomic E-state index is 13.5. The Labute approximate surface area is 163 Å². The number of aryl methyl sites for hydroxylation is 1. The molecule has 7 heteroatoms. The number of urea groups is 1. The van der Waals surface area contributed by atoms with E-state index in [-0.39, 0.29) is 11.9 Å². The van der Waals surface area contributed by atoms with Gasteiger partial charge in [0.25, 0.3) is 5.91 Å². The van der Waals surface area contributed by atoms with E-state index in [4.69, 9.17) is 0 Å². The van der Waals surface area contributed by atoms with E-state index in [1.54, 1.807) is 16.2 Å². The summed E-state index contributed by atoms with van der Waals surface area (Å²) in [6, 6.07) is 3.96. The molecule has 144 valence electrons. The van der Waals surface area contributed by atoms with Gasteiger partial charge in [0.05, 0.1) is 5.56 Å². The van der Waals surface area contributed by atoms with Crippen LogP contribution in [0, 0.1) is 0 Å². The third kappa shape index (κ3) is 3.48. The van der Waals surface area contributed by atoms with Crippen LogP contribution >= 0.6 is 11.3 Å². The Hall–Kier alpha value is -2.28. The van der Waals surface area contributed by atoms with Crippen LogP contribution in [-0.4, -0.2) is 59.0 Å². The van der Waals surface area contributed by atoms with E-state index in [1.165, 1.54) is 16.9 Å². The lowest BCUT2D eigenvalue weighted by molar-refractivity contribution is 0.0664. The number of fused-ring (bicyclic) bond motifs is 1. The molecule has 3 amide bonds. The van der Waals surface area contributed by atoms with E-state index in [9.17, 15) is 9.59 Å². The fraction of sp³-hybridized carbons (Fsp3) is 0.500. The maximum absolute atomic E-state index is 13.5. The molecule has 27 heavy (non-hydrogen) atoms. The second-order valence-electron chi connectivity index (χ2n) is 7.10. The van der Waals surface area contributed by atoms with Gasteiger partial charge in [-0.3, -0.25) is 4.79 Å². The number of rotatable bonds is 3. The Morgan fingerprint density at radius 1 is 1.04 bits per heavy atom. The van der Waals surface area contributed by atoms with Crippen LogP contribution in [0.15, 0.2) is 24.5 Å². The van der Waals surface area contributed by atoms with Crippen LogP contribution in [0.3, 0.4) is 0 Å². The molecule has 1 N–H and O–H groups in total. The topological polar surface area (TPSA) is 57.6 Å². The Morgan fingerprint density at radius 2 is 1.70 bits per heavy atom. The lowest BCUT2D eigenvalue weighted by Crippen LogP contribution is -2.53. The Balaban J connectivity index is 1.57. The molecule has 1 aliphatic heterocycles. The highest BCUT2D eigenvalue weighted by Gasteiger charge is 2.31. The van der Waals surface area contributed by atoms with Crippen LogP contribution in [0.4, 0.5) is 4.79 Å². The summed E-state index contributed by atoms with van der Waals surface area (Å²) in [6.07, 6.45) is 8.46. The molecule has 0 aromatic carbocycles. The zero-order valence-electron chi connectivity index (χ0n) is 15.7. The van der Waals surface area contributed by atoms with Crippen molar-refractivity contribution in [1.29, 1.82) is 0 Å². The minimum absolute atomic E-state index is 0.0365. The van der Waals surface area contributed by atoms with Crippen LogP contribution in [0.5, 0.6) is 0 Å². The second-order valence-corrected chi connectivity index (χ2v) is 8.18. The van der Waals surface area contributed by atoms with Crippen LogP contribution in [0.1, 0.15) is 40.6 Å². The van der Waals surface area contributed by atoms with Gasteiger partial charge in [-0.05, 0) is 50.3 Å². The number of carbonyl (C=O) groups is 2. The molecule has 3 heterocycles. The number of nitrogens with one attached hydrogen (secondary N) is 1. The molecule has 0 atom stereocenters. The highest BCUT2D eigenvalue weighted by Crippen LogP contribution is 2.37. The third-order valence-electron chi connectivity index (χ3n) is 5.39. The van der Waals surface area contributed by atoms with Gasteiger partial charge >= 0.3 is 6.03 Å². The summed E-state index contributed by atoms with van der Waals surface area (Å²) < 4.78 is 2.07. The minimum Gasteiger partial charge on any atom is -0.338 e.